The van der Waals surface area contributed by atoms with Gasteiger partial charge in [-0.15, -0.1) is 0 Å². The van der Waals surface area contributed by atoms with Crippen molar-refractivity contribution in [3.63, 3.8) is 0 Å². The fourth-order valence-electron chi connectivity index (χ4n) is 1.03. The van der Waals surface area contributed by atoms with Crippen molar-refractivity contribution in [1.29, 1.82) is 0 Å². The molecule has 0 amide bonds. The Bertz CT molecular complexity index is 117. The Morgan fingerprint density at radius 3 is 3.00 bits per heavy atom. The lowest BCUT2D eigenvalue weighted by Crippen LogP contribution is -1.61. The minimum absolute atomic E-state index is 0.157. The predicted molar refractivity (Wildman–Crippen MR) is 25.4 cm³/mol. The van der Waals surface area contributed by atoms with E-state index in [1.807, 2.05) is 6.08 Å². The zero-order valence-corrected chi connectivity index (χ0v) is 3.59. The zero-order valence-electron chi connectivity index (χ0n) is 4.59. The molecule has 0 radical (unpaired) electrons. The first-order chi connectivity index (χ1) is 3.38. The van der Waals surface area contributed by atoms with E-state index in [9.17, 15) is 0 Å². The number of allylic oxidation sites excluding steroid dienone is 2. The average Bonchev–Trinajstić information content (AvgIpc) is 2.33. The van der Waals surface area contributed by atoms with E-state index in [2.05, 4.69) is 6.08 Å². The van der Waals surface area contributed by atoms with E-state index in [4.69, 9.17) is 1.37 Å². The van der Waals surface area contributed by atoms with Gasteiger partial charge < -0.3 is 0 Å². The monoisotopic (exact) mass is 81.1 g/mol. The van der Waals surface area contributed by atoms with E-state index in [1.165, 1.54) is 6.42 Å². The van der Waals surface area contributed by atoms with Gasteiger partial charge in [0.25, 0.3) is 0 Å². The Kier molecular flexibility index (Phi) is 0.251. The molecule has 0 saturated heterocycles. The van der Waals surface area contributed by atoms with E-state index in [0.29, 0.717) is 0 Å². The van der Waals surface area contributed by atoms with Crippen LogP contribution >= 0.6 is 0 Å². The third-order valence-electron chi connectivity index (χ3n) is 1.61. The van der Waals surface area contributed by atoms with Crippen molar-refractivity contribution >= 4 is 0 Å². The maximum atomic E-state index is 7.29. The van der Waals surface area contributed by atoms with Gasteiger partial charge in [0, 0.05) is 1.37 Å². The van der Waals surface area contributed by atoms with Crippen LogP contribution in [-0.4, -0.2) is 0 Å². The van der Waals surface area contributed by atoms with Gasteiger partial charge in [-0.25, -0.2) is 0 Å². The Morgan fingerprint density at radius 2 is 2.83 bits per heavy atom. The van der Waals surface area contributed by atoms with E-state index < -0.39 is 0 Å². The Labute approximate surface area is 39.3 Å². The molecule has 0 aromatic carbocycles. The van der Waals surface area contributed by atoms with Gasteiger partial charge in [-0.2, -0.15) is 0 Å². The van der Waals surface area contributed by atoms with Crippen LogP contribution in [0.3, 0.4) is 0 Å². The molecule has 0 bridgehead atoms. The van der Waals surface area contributed by atoms with Gasteiger partial charge in [0.05, 0.1) is 0 Å². The molecular weight excluding hydrogens is 72.1 g/mol. The normalized spacial score (nSPS) is 64.0. The van der Waals surface area contributed by atoms with Crippen molar-refractivity contribution in [3.05, 3.63) is 12.2 Å². The molecule has 32 valence electrons. The van der Waals surface area contributed by atoms with Crippen molar-refractivity contribution < 1.29 is 1.37 Å². The van der Waals surface area contributed by atoms with Crippen LogP contribution in [0.1, 0.15) is 14.2 Å². The van der Waals surface area contributed by atoms with E-state index in [0.717, 1.165) is 11.8 Å². The van der Waals surface area contributed by atoms with E-state index in [1.54, 1.807) is 0 Å². The number of hydrogen-bond donors (Lipinski definition) is 0. The van der Waals surface area contributed by atoms with Crippen LogP contribution in [0.15, 0.2) is 12.2 Å². The third kappa shape index (κ3) is 0.204. The second-order valence-corrected chi connectivity index (χ2v) is 2.14. The molecule has 0 N–H and O–H groups in total. The van der Waals surface area contributed by atoms with Crippen LogP contribution in [0.5, 0.6) is 0 Å². The maximum absolute atomic E-state index is 7.29. The second-order valence-electron chi connectivity index (χ2n) is 2.14. The number of fused-ring (bicyclic) bond motifs is 1. The quantitative estimate of drug-likeness (QED) is 0.388. The Morgan fingerprint density at radius 1 is 1.83 bits per heavy atom. The molecule has 1 fully saturated rings. The minimum Gasteiger partial charge on any atom is -0.0880 e. The van der Waals surface area contributed by atoms with Crippen LogP contribution in [0, 0.1) is 11.8 Å². The van der Waals surface area contributed by atoms with Crippen LogP contribution < -0.4 is 0 Å². The molecule has 0 nitrogen and oxygen atoms in total. The first kappa shape index (κ1) is 2.15. The van der Waals surface area contributed by atoms with Crippen molar-refractivity contribution in [2.45, 2.75) is 12.8 Å². The van der Waals surface area contributed by atoms with Gasteiger partial charge in [0.2, 0.25) is 0 Å². The summed E-state index contributed by atoms with van der Waals surface area (Å²) in [4.78, 5) is 0. The molecule has 0 spiro atoms. The molecule has 0 heterocycles. The van der Waals surface area contributed by atoms with Crippen LogP contribution in [0.2, 0.25) is 0 Å². The number of rotatable bonds is 0. The highest BCUT2D eigenvalue weighted by atomic mass is 14.4. The van der Waals surface area contributed by atoms with E-state index >= 15 is 0 Å². The smallest absolute Gasteiger partial charge is 0.0313 e. The lowest BCUT2D eigenvalue weighted by molar-refractivity contribution is 0.855. The first-order valence-electron chi connectivity index (χ1n) is 3.06. The summed E-state index contributed by atoms with van der Waals surface area (Å²) in [5.74, 6) is 1.56. The van der Waals surface area contributed by atoms with Crippen LogP contribution in [-0.2, 0) is 0 Å². The fraction of sp³-hybridized carbons (Fsp3) is 0.667. The van der Waals surface area contributed by atoms with Crippen LogP contribution in [0.25, 0.3) is 0 Å². The molecule has 3 atom stereocenters. The number of hydrogen-bond acceptors (Lipinski definition) is 0. The van der Waals surface area contributed by atoms with Gasteiger partial charge in [-0.05, 0) is 24.7 Å². The molecule has 1 saturated carbocycles. The van der Waals surface area contributed by atoms with Crippen molar-refractivity contribution in [3.8, 4) is 0 Å². The fourth-order valence-corrected chi connectivity index (χ4v) is 1.03. The first-order valence-corrected chi connectivity index (χ1v) is 2.48. The van der Waals surface area contributed by atoms with Crippen molar-refractivity contribution in [2.24, 2.45) is 11.8 Å². The summed E-state index contributed by atoms with van der Waals surface area (Å²) < 4.78 is 7.29. The lowest BCUT2D eigenvalue weighted by atomic mass is 10.3. The summed E-state index contributed by atoms with van der Waals surface area (Å²) in [6.45, 7) is 0. The Hall–Kier alpha value is -0.260. The Balaban J connectivity index is 2.22. The molecule has 0 heteroatoms. The lowest BCUT2D eigenvalue weighted by Gasteiger charge is -1.72. The molecule has 2 aliphatic rings. The molecule has 2 rings (SSSR count). The van der Waals surface area contributed by atoms with Crippen molar-refractivity contribution in [2.75, 3.05) is 0 Å². The van der Waals surface area contributed by atoms with Gasteiger partial charge in [0.15, 0.2) is 0 Å². The van der Waals surface area contributed by atoms with Crippen LogP contribution in [0.4, 0.5) is 0 Å². The topological polar surface area (TPSA) is 0 Å². The van der Waals surface area contributed by atoms with Gasteiger partial charge in [0.1, 0.15) is 0 Å². The van der Waals surface area contributed by atoms with E-state index in [-0.39, 0.29) is 6.40 Å². The van der Waals surface area contributed by atoms with Gasteiger partial charge in [-0.1, -0.05) is 12.2 Å². The third-order valence-corrected chi connectivity index (χ3v) is 1.61. The maximum Gasteiger partial charge on any atom is 0.0313 e. The molecule has 0 unspecified atom stereocenters. The molecule has 0 aromatic rings. The minimum atomic E-state index is 0.157. The highest BCUT2D eigenvalue weighted by Crippen LogP contribution is 2.46. The summed E-state index contributed by atoms with van der Waals surface area (Å²) in [5.41, 5.74) is 0. The van der Waals surface area contributed by atoms with Gasteiger partial charge >= 0.3 is 0 Å². The summed E-state index contributed by atoms with van der Waals surface area (Å²) in [7, 11) is 0. The molecule has 6 heavy (non-hydrogen) atoms. The summed E-state index contributed by atoms with van der Waals surface area (Å²) in [6, 6.07) is 0. The van der Waals surface area contributed by atoms with Gasteiger partial charge in [-0.3, -0.25) is 0 Å². The summed E-state index contributed by atoms with van der Waals surface area (Å²) in [6.07, 6.45) is 5.65. The largest absolute Gasteiger partial charge is 0.0880 e. The predicted octanol–water partition coefficient (Wildman–Crippen LogP) is 1.58. The second kappa shape index (κ2) is 0.699. The summed E-state index contributed by atoms with van der Waals surface area (Å²) >= 11 is 0. The highest BCUT2D eigenvalue weighted by Gasteiger charge is 2.36. The molecule has 0 aliphatic heterocycles. The zero-order chi connectivity index (χ0) is 4.85. The van der Waals surface area contributed by atoms with Crippen molar-refractivity contribution in [1.82, 2.24) is 0 Å². The highest BCUT2D eigenvalue weighted by molar-refractivity contribution is 5.11. The molecule has 0 aromatic heterocycles. The standard InChI is InChI=1S/C6H8/c1-2-5-4-6(5)3-1/h1-2,5-6H,3-4H2/t5-,6+/m0/s1/i3D/t3-,5-,6+. The molecule has 2 aliphatic carbocycles. The summed E-state index contributed by atoms with van der Waals surface area (Å²) in [5, 5.41) is 0. The molecular formula is C6H8. The average molecular weight is 81.1 g/mol. The SMILES string of the molecule is [2H][C@H]1C=C[C@H]2C[C@@H]12.